The molecule has 1 amide bonds. The fourth-order valence-corrected chi connectivity index (χ4v) is 3.40. The van der Waals surface area contributed by atoms with E-state index in [9.17, 15) is 4.79 Å². The molecule has 1 heterocycles. The third-order valence-corrected chi connectivity index (χ3v) is 4.72. The number of ether oxygens (including phenoxy) is 1. The minimum absolute atomic E-state index is 0.120. The molecule has 0 saturated carbocycles. The van der Waals surface area contributed by atoms with E-state index in [0.717, 1.165) is 41.6 Å². The lowest BCUT2D eigenvalue weighted by Gasteiger charge is -2.29. The van der Waals surface area contributed by atoms with Gasteiger partial charge in [0.1, 0.15) is 5.75 Å². The SMILES string of the molecule is COc1cc(C(=O)N2CCCCCC2CBr)ccc1C. The predicted molar refractivity (Wildman–Crippen MR) is 84.8 cm³/mol. The topological polar surface area (TPSA) is 29.5 Å². The molecular formula is C16H22BrNO2. The van der Waals surface area contributed by atoms with Crippen molar-refractivity contribution >= 4 is 21.8 Å². The molecule has 0 bridgehead atoms. The second-order valence-electron chi connectivity index (χ2n) is 5.34. The number of nitrogens with zero attached hydrogens (tertiary/aromatic N) is 1. The van der Waals surface area contributed by atoms with Gasteiger partial charge in [-0.15, -0.1) is 0 Å². The largest absolute Gasteiger partial charge is 0.496 e. The van der Waals surface area contributed by atoms with Gasteiger partial charge < -0.3 is 9.64 Å². The van der Waals surface area contributed by atoms with Crippen LogP contribution in [0.2, 0.25) is 0 Å². The molecule has 0 N–H and O–H groups in total. The Bertz CT molecular complexity index is 476. The molecule has 2 rings (SSSR count). The summed E-state index contributed by atoms with van der Waals surface area (Å²) in [5.41, 5.74) is 1.78. The number of amides is 1. The van der Waals surface area contributed by atoms with Crippen LogP contribution in [-0.4, -0.2) is 35.8 Å². The number of carbonyl (C=O) groups excluding carboxylic acids is 1. The molecule has 1 aliphatic rings. The molecule has 0 spiro atoms. The number of hydrogen-bond donors (Lipinski definition) is 0. The number of aryl methyl sites for hydroxylation is 1. The summed E-state index contributed by atoms with van der Waals surface area (Å²) in [6, 6.07) is 6.01. The van der Waals surface area contributed by atoms with Crippen LogP contribution >= 0.6 is 15.9 Å². The quantitative estimate of drug-likeness (QED) is 0.784. The standard InChI is InChI=1S/C16H22BrNO2/c1-12-7-8-13(10-15(12)20-2)16(19)18-9-5-3-4-6-14(18)11-17/h7-8,10,14H,3-6,9,11H2,1-2H3. The molecule has 1 aromatic rings. The number of methoxy groups -OCH3 is 1. The molecule has 1 aromatic carbocycles. The van der Waals surface area contributed by atoms with Crippen molar-refractivity contribution in [3.63, 3.8) is 0 Å². The third-order valence-electron chi connectivity index (χ3n) is 3.97. The Labute approximate surface area is 129 Å². The van der Waals surface area contributed by atoms with E-state index in [1.807, 2.05) is 30.0 Å². The number of carbonyl (C=O) groups is 1. The molecular weight excluding hydrogens is 318 g/mol. The van der Waals surface area contributed by atoms with Gasteiger partial charge in [0.2, 0.25) is 0 Å². The minimum atomic E-state index is 0.120. The molecule has 20 heavy (non-hydrogen) atoms. The van der Waals surface area contributed by atoms with E-state index in [1.54, 1.807) is 7.11 Å². The second kappa shape index (κ2) is 7.11. The maximum absolute atomic E-state index is 12.8. The second-order valence-corrected chi connectivity index (χ2v) is 5.99. The average Bonchev–Trinajstić information content (AvgIpc) is 2.72. The zero-order valence-corrected chi connectivity index (χ0v) is 13.8. The van der Waals surface area contributed by atoms with E-state index in [4.69, 9.17) is 4.74 Å². The van der Waals surface area contributed by atoms with Gasteiger partial charge in [-0.05, 0) is 37.5 Å². The fourth-order valence-electron chi connectivity index (χ4n) is 2.72. The molecule has 1 fully saturated rings. The first-order valence-electron chi connectivity index (χ1n) is 7.19. The Morgan fingerprint density at radius 1 is 1.40 bits per heavy atom. The first-order chi connectivity index (χ1) is 9.67. The summed E-state index contributed by atoms with van der Waals surface area (Å²) in [5, 5.41) is 0.849. The van der Waals surface area contributed by atoms with Crippen LogP contribution in [0.4, 0.5) is 0 Å². The van der Waals surface area contributed by atoms with E-state index in [1.165, 1.54) is 12.8 Å². The lowest BCUT2D eigenvalue weighted by atomic mass is 10.1. The van der Waals surface area contributed by atoms with Crippen LogP contribution in [0.25, 0.3) is 0 Å². The zero-order chi connectivity index (χ0) is 14.5. The normalized spacial score (nSPS) is 19.6. The fraction of sp³-hybridized carbons (Fsp3) is 0.562. The Hall–Kier alpha value is -1.03. The maximum atomic E-state index is 12.8. The number of hydrogen-bond acceptors (Lipinski definition) is 2. The molecule has 110 valence electrons. The van der Waals surface area contributed by atoms with Gasteiger partial charge >= 0.3 is 0 Å². The van der Waals surface area contributed by atoms with Crippen molar-refractivity contribution < 1.29 is 9.53 Å². The molecule has 1 aliphatic heterocycles. The molecule has 4 heteroatoms. The van der Waals surface area contributed by atoms with Gasteiger partial charge in [-0.1, -0.05) is 34.8 Å². The van der Waals surface area contributed by atoms with Crippen LogP contribution in [0.1, 0.15) is 41.6 Å². The summed E-state index contributed by atoms with van der Waals surface area (Å²) in [6.07, 6.45) is 4.60. The lowest BCUT2D eigenvalue weighted by Crippen LogP contribution is -2.41. The Kier molecular flexibility index (Phi) is 5.46. The van der Waals surface area contributed by atoms with Crippen LogP contribution in [0.5, 0.6) is 5.75 Å². The van der Waals surface area contributed by atoms with Crippen molar-refractivity contribution in [3.8, 4) is 5.75 Å². The van der Waals surface area contributed by atoms with Crippen molar-refractivity contribution in [2.75, 3.05) is 19.0 Å². The minimum Gasteiger partial charge on any atom is -0.496 e. The van der Waals surface area contributed by atoms with Crippen LogP contribution < -0.4 is 4.74 Å². The molecule has 0 radical (unpaired) electrons. The number of halogens is 1. The van der Waals surface area contributed by atoms with Gasteiger partial charge in [-0.2, -0.15) is 0 Å². The zero-order valence-electron chi connectivity index (χ0n) is 12.2. The first kappa shape index (κ1) is 15.4. The van der Waals surface area contributed by atoms with Crippen molar-refractivity contribution in [1.82, 2.24) is 4.90 Å². The van der Waals surface area contributed by atoms with Crippen LogP contribution in [-0.2, 0) is 0 Å². The van der Waals surface area contributed by atoms with Gasteiger partial charge in [0, 0.05) is 23.5 Å². The van der Waals surface area contributed by atoms with Gasteiger partial charge in [0.05, 0.1) is 7.11 Å². The van der Waals surface area contributed by atoms with E-state index < -0.39 is 0 Å². The van der Waals surface area contributed by atoms with Crippen LogP contribution in [0.3, 0.4) is 0 Å². The third kappa shape index (κ3) is 3.35. The molecule has 1 saturated heterocycles. The summed E-state index contributed by atoms with van der Waals surface area (Å²) in [4.78, 5) is 14.8. The highest BCUT2D eigenvalue weighted by molar-refractivity contribution is 9.09. The van der Waals surface area contributed by atoms with E-state index in [-0.39, 0.29) is 5.91 Å². The highest BCUT2D eigenvalue weighted by Crippen LogP contribution is 2.24. The highest BCUT2D eigenvalue weighted by Gasteiger charge is 2.25. The van der Waals surface area contributed by atoms with Crippen molar-refractivity contribution in [2.24, 2.45) is 0 Å². The van der Waals surface area contributed by atoms with Crippen LogP contribution in [0, 0.1) is 6.92 Å². The average molecular weight is 340 g/mol. The van der Waals surface area contributed by atoms with E-state index >= 15 is 0 Å². The van der Waals surface area contributed by atoms with E-state index in [0.29, 0.717) is 6.04 Å². The van der Waals surface area contributed by atoms with Gasteiger partial charge in [-0.25, -0.2) is 0 Å². The predicted octanol–water partition coefficient (Wildman–Crippen LogP) is 3.78. The maximum Gasteiger partial charge on any atom is 0.254 e. The Morgan fingerprint density at radius 3 is 2.90 bits per heavy atom. The molecule has 0 aromatic heterocycles. The van der Waals surface area contributed by atoms with Gasteiger partial charge in [-0.3, -0.25) is 4.79 Å². The molecule has 3 nitrogen and oxygen atoms in total. The first-order valence-corrected chi connectivity index (χ1v) is 8.31. The van der Waals surface area contributed by atoms with Crippen molar-refractivity contribution in [3.05, 3.63) is 29.3 Å². The molecule has 1 atom stereocenters. The summed E-state index contributed by atoms with van der Waals surface area (Å²) < 4.78 is 5.32. The summed E-state index contributed by atoms with van der Waals surface area (Å²) in [5.74, 6) is 0.899. The Morgan fingerprint density at radius 2 is 2.20 bits per heavy atom. The number of benzene rings is 1. The van der Waals surface area contributed by atoms with Gasteiger partial charge in [0.25, 0.3) is 5.91 Å². The Balaban J connectivity index is 2.24. The summed E-state index contributed by atoms with van der Waals surface area (Å²) in [6.45, 7) is 2.84. The summed E-state index contributed by atoms with van der Waals surface area (Å²) >= 11 is 3.55. The smallest absolute Gasteiger partial charge is 0.254 e. The van der Waals surface area contributed by atoms with Gasteiger partial charge in [0.15, 0.2) is 0 Å². The van der Waals surface area contributed by atoms with E-state index in [2.05, 4.69) is 15.9 Å². The van der Waals surface area contributed by atoms with Crippen LogP contribution in [0.15, 0.2) is 18.2 Å². The van der Waals surface area contributed by atoms with Crippen molar-refractivity contribution in [1.29, 1.82) is 0 Å². The number of alkyl halides is 1. The molecule has 1 unspecified atom stereocenters. The highest BCUT2D eigenvalue weighted by atomic mass is 79.9. The number of likely N-dealkylation sites (tertiary alicyclic amines) is 1. The summed E-state index contributed by atoms with van der Waals surface area (Å²) in [7, 11) is 1.64. The lowest BCUT2D eigenvalue weighted by molar-refractivity contribution is 0.0702. The van der Waals surface area contributed by atoms with Crippen molar-refractivity contribution in [2.45, 2.75) is 38.6 Å². The monoisotopic (exact) mass is 339 g/mol. The molecule has 0 aliphatic carbocycles. The number of rotatable bonds is 3.